The van der Waals surface area contributed by atoms with E-state index >= 15 is 0 Å². The lowest BCUT2D eigenvalue weighted by Crippen LogP contribution is -2.02. The molecule has 0 N–H and O–H groups in total. The van der Waals surface area contributed by atoms with Gasteiger partial charge in [0.15, 0.2) is 17.5 Å². The molecule has 0 atom stereocenters. The standard InChI is InChI=1S/C59H34N4O2/c1-2-13-35(14-3-1)36-25-27-38(28-26-36)57-60-58(46-22-12-21-44-43-19-8-10-23-51(43)65-56(44)46)62-59(61-57)48-33-41(34-53-55(48)45-20-9-11-24-52(45)64-53)63-49-30-29-37-15-6-7-18-42(37)54(49)47-31-39-16-4-5-17-40(39)32-50(47)63/h1-34H. The molecule has 0 spiro atoms. The number of furan rings is 2. The first-order chi connectivity index (χ1) is 32.2. The van der Waals surface area contributed by atoms with Crippen molar-refractivity contribution in [2.75, 3.05) is 0 Å². The van der Waals surface area contributed by atoms with E-state index in [9.17, 15) is 0 Å². The number of nitrogens with zero attached hydrogens (tertiary/aromatic N) is 4. The van der Waals surface area contributed by atoms with E-state index in [2.05, 4.69) is 168 Å². The number of fused-ring (bicyclic) bond motifs is 12. The van der Waals surface area contributed by atoms with E-state index in [0.717, 1.165) is 88.4 Å². The summed E-state index contributed by atoms with van der Waals surface area (Å²) in [6.45, 7) is 0. The van der Waals surface area contributed by atoms with Crippen LogP contribution in [0.15, 0.2) is 215 Å². The molecule has 0 saturated heterocycles. The first-order valence-electron chi connectivity index (χ1n) is 21.8. The Balaban J connectivity index is 1.07. The minimum atomic E-state index is 0.517. The molecule has 302 valence electrons. The second kappa shape index (κ2) is 13.8. The topological polar surface area (TPSA) is 69.9 Å². The fourth-order valence-electron chi connectivity index (χ4n) is 10.0. The molecule has 4 heterocycles. The van der Waals surface area contributed by atoms with Crippen LogP contribution in [0.3, 0.4) is 0 Å². The van der Waals surface area contributed by atoms with Crippen LogP contribution in [0.4, 0.5) is 0 Å². The van der Waals surface area contributed by atoms with E-state index in [4.69, 9.17) is 23.8 Å². The van der Waals surface area contributed by atoms with Crippen molar-refractivity contribution in [1.29, 1.82) is 0 Å². The van der Waals surface area contributed by atoms with Crippen molar-refractivity contribution >= 4 is 87.2 Å². The van der Waals surface area contributed by atoms with Crippen LogP contribution in [-0.2, 0) is 0 Å². The zero-order valence-corrected chi connectivity index (χ0v) is 34.7. The molecule has 6 nitrogen and oxygen atoms in total. The molecule has 65 heavy (non-hydrogen) atoms. The van der Waals surface area contributed by atoms with E-state index in [1.165, 1.54) is 32.3 Å². The average molecular weight is 831 g/mol. The third-order valence-corrected chi connectivity index (χ3v) is 13.0. The Morgan fingerprint density at radius 2 is 0.938 bits per heavy atom. The molecule has 0 bridgehead atoms. The van der Waals surface area contributed by atoms with Crippen LogP contribution in [0.2, 0.25) is 0 Å². The van der Waals surface area contributed by atoms with Gasteiger partial charge in [-0.2, -0.15) is 0 Å². The molecule has 0 amide bonds. The number of hydrogen-bond donors (Lipinski definition) is 0. The highest BCUT2D eigenvalue weighted by molar-refractivity contribution is 6.23. The predicted octanol–water partition coefficient (Wildman–Crippen LogP) is 15.7. The van der Waals surface area contributed by atoms with Crippen molar-refractivity contribution in [3.8, 4) is 51.0 Å². The van der Waals surface area contributed by atoms with Gasteiger partial charge >= 0.3 is 0 Å². The Hall–Kier alpha value is -8.87. The van der Waals surface area contributed by atoms with E-state index in [1.807, 2.05) is 42.5 Å². The van der Waals surface area contributed by atoms with Crippen LogP contribution in [0.5, 0.6) is 0 Å². The van der Waals surface area contributed by atoms with Crippen molar-refractivity contribution in [2.45, 2.75) is 0 Å². The molecule has 14 aromatic rings. The molecule has 10 aromatic carbocycles. The second-order valence-corrected chi connectivity index (χ2v) is 16.7. The van der Waals surface area contributed by atoms with Crippen LogP contribution in [-0.4, -0.2) is 19.5 Å². The third kappa shape index (κ3) is 5.51. The molecule has 0 radical (unpaired) electrons. The highest BCUT2D eigenvalue weighted by Crippen LogP contribution is 2.44. The van der Waals surface area contributed by atoms with Crippen LogP contribution in [0, 0.1) is 0 Å². The molecular weight excluding hydrogens is 797 g/mol. The SMILES string of the molecule is c1ccc(-c2ccc(-c3nc(-c4cccc5c4oc4ccccc45)nc(-c4cc(-n5c6cc7ccccc7cc6c6c7ccccc7ccc65)cc5oc6ccccc6c45)n3)cc2)cc1. The maximum atomic E-state index is 6.79. The molecule has 0 aliphatic heterocycles. The van der Waals surface area contributed by atoms with Gasteiger partial charge in [-0.3, -0.25) is 0 Å². The number of aromatic nitrogens is 4. The van der Waals surface area contributed by atoms with Crippen molar-refractivity contribution in [2.24, 2.45) is 0 Å². The number of rotatable bonds is 5. The highest BCUT2D eigenvalue weighted by atomic mass is 16.3. The molecule has 0 fully saturated rings. The monoisotopic (exact) mass is 830 g/mol. The Morgan fingerprint density at radius 3 is 1.75 bits per heavy atom. The lowest BCUT2D eigenvalue weighted by atomic mass is 10.0. The number of para-hydroxylation sites is 3. The first kappa shape index (κ1) is 35.7. The summed E-state index contributed by atoms with van der Waals surface area (Å²) in [6, 6.07) is 72.1. The van der Waals surface area contributed by atoms with Gasteiger partial charge in [0.25, 0.3) is 0 Å². The van der Waals surface area contributed by atoms with Crippen LogP contribution >= 0.6 is 0 Å². The van der Waals surface area contributed by atoms with Crippen molar-refractivity contribution < 1.29 is 8.83 Å². The first-order valence-corrected chi connectivity index (χ1v) is 21.8. The smallest absolute Gasteiger partial charge is 0.167 e. The maximum absolute atomic E-state index is 6.79. The Kier molecular flexibility index (Phi) is 7.59. The van der Waals surface area contributed by atoms with Gasteiger partial charge in [0.2, 0.25) is 0 Å². The number of benzene rings is 10. The molecule has 4 aromatic heterocycles. The molecule has 6 heteroatoms. The van der Waals surface area contributed by atoms with Crippen LogP contribution < -0.4 is 0 Å². The average Bonchev–Trinajstić information content (AvgIpc) is 4.05. The summed E-state index contributed by atoms with van der Waals surface area (Å²) in [5, 5.41) is 11.1. The van der Waals surface area contributed by atoms with E-state index < -0.39 is 0 Å². The lowest BCUT2D eigenvalue weighted by molar-refractivity contribution is 0.668. The van der Waals surface area contributed by atoms with Gasteiger partial charge in [0.05, 0.1) is 22.3 Å². The third-order valence-electron chi connectivity index (χ3n) is 13.0. The largest absolute Gasteiger partial charge is 0.456 e. The summed E-state index contributed by atoms with van der Waals surface area (Å²) < 4.78 is 15.8. The normalized spacial score (nSPS) is 12.0. The van der Waals surface area contributed by atoms with E-state index in [-0.39, 0.29) is 0 Å². The Bertz CT molecular complexity index is 4240. The minimum Gasteiger partial charge on any atom is -0.456 e. The molecule has 0 unspecified atom stereocenters. The predicted molar refractivity (Wildman–Crippen MR) is 265 cm³/mol. The van der Waals surface area contributed by atoms with Gasteiger partial charge in [-0.05, 0) is 75.1 Å². The van der Waals surface area contributed by atoms with Crippen LogP contribution in [0.1, 0.15) is 0 Å². The lowest BCUT2D eigenvalue weighted by Gasteiger charge is -2.13. The summed E-state index contributed by atoms with van der Waals surface area (Å²) >= 11 is 0. The fourth-order valence-corrected chi connectivity index (χ4v) is 10.0. The summed E-state index contributed by atoms with van der Waals surface area (Å²) in [5.41, 5.74) is 11.0. The maximum Gasteiger partial charge on any atom is 0.167 e. The second-order valence-electron chi connectivity index (χ2n) is 16.7. The molecule has 14 rings (SSSR count). The Morgan fingerprint density at radius 1 is 0.323 bits per heavy atom. The summed E-state index contributed by atoms with van der Waals surface area (Å²) in [5.74, 6) is 1.60. The van der Waals surface area contributed by atoms with Gasteiger partial charge in [-0.15, -0.1) is 0 Å². The quantitative estimate of drug-likeness (QED) is 0.173. The van der Waals surface area contributed by atoms with E-state index in [0.29, 0.717) is 17.5 Å². The summed E-state index contributed by atoms with van der Waals surface area (Å²) in [6.07, 6.45) is 0. The van der Waals surface area contributed by atoms with Gasteiger partial charge < -0.3 is 13.4 Å². The van der Waals surface area contributed by atoms with Gasteiger partial charge in [-0.25, -0.2) is 15.0 Å². The molecule has 0 aliphatic carbocycles. The zero-order chi connectivity index (χ0) is 42.6. The minimum absolute atomic E-state index is 0.517. The van der Waals surface area contributed by atoms with Crippen molar-refractivity contribution in [1.82, 2.24) is 19.5 Å². The van der Waals surface area contributed by atoms with E-state index in [1.54, 1.807) is 0 Å². The Labute approximate surface area is 371 Å². The van der Waals surface area contributed by atoms with Crippen molar-refractivity contribution in [3.05, 3.63) is 206 Å². The molecular formula is C59H34N4O2. The van der Waals surface area contributed by atoms with Gasteiger partial charge in [-0.1, -0.05) is 158 Å². The highest BCUT2D eigenvalue weighted by Gasteiger charge is 2.24. The van der Waals surface area contributed by atoms with Crippen LogP contribution in [0.25, 0.3) is 138 Å². The summed E-state index contributed by atoms with van der Waals surface area (Å²) in [7, 11) is 0. The van der Waals surface area contributed by atoms with Crippen molar-refractivity contribution in [3.63, 3.8) is 0 Å². The molecule has 0 saturated carbocycles. The fraction of sp³-hybridized carbons (Fsp3) is 0. The zero-order valence-electron chi connectivity index (χ0n) is 34.7. The van der Waals surface area contributed by atoms with Gasteiger partial charge in [0, 0.05) is 49.5 Å². The van der Waals surface area contributed by atoms with Gasteiger partial charge in [0.1, 0.15) is 22.3 Å². The summed E-state index contributed by atoms with van der Waals surface area (Å²) in [4.78, 5) is 16.1. The number of hydrogen-bond acceptors (Lipinski definition) is 5. The molecule has 0 aliphatic rings.